The Kier molecular flexibility index (Phi) is 11.1. The normalized spacial score (nSPS) is 11.6. The quantitative estimate of drug-likeness (QED) is 0.148. The second-order valence-electron chi connectivity index (χ2n) is 21.0. The van der Waals surface area contributed by atoms with Gasteiger partial charge in [0.1, 0.15) is 12.4 Å². The standard InChI is InChI=1S/C75H48N8/c76-47-61-73(54-36-40-63(78-56-26-12-4-13-27-56)69(44-54)80-48-77-62-38-34-52(42-68(62)80)49-20-6-1-7-21-49)60(51-24-10-3-11-25-51)46-72(82-65-32-18-16-30-58(65)59-31-17-19-33-66(59)82)74(61)55-37-41-67-71(45-55)83-70-43-53(50-22-8-2-9-23-50)35-39-64(70)79-75(83)81(67)57-28-14-5-15-29-57/h1-46,48,78H. The van der Waals surface area contributed by atoms with Gasteiger partial charge in [0.05, 0.1) is 66.8 Å². The van der Waals surface area contributed by atoms with Gasteiger partial charge in [-0.3, -0.25) is 13.5 Å². The van der Waals surface area contributed by atoms with E-state index >= 15 is 0 Å². The molecule has 16 rings (SSSR count). The molecule has 388 valence electrons. The van der Waals surface area contributed by atoms with Crippen molar-refractivity contribution in [2.24, 2.45) is 0 Å². The van der Waals surface area contributed by atoms with Crippen LogP contribution in [0.25, 0.3) is 133 Å². The van der Waals surface area contributed by atoms with E-state index in [1.165, 1.54) is 0 Å². The maximum atomic E-state index is 12.4. The Bertz CT molecular complexity index is 5170. The van der Waals surface area contributed by atoms with Crippen molar-refractivity contribution >= 4 is 72.1 Å². The van der Waals surface area contributed by atoms with Crippen LogP contribution in [0.3, 0.4) is 0 Å². The molecule has 0 saturated heterocycles. The summed E-state index contributed by atoms with van der Waals surface area (Å²) >= 11 is 0. The van der Waals surface area contributed by atoms with E-state index in [2.05, 4.69) is 272 Å². The largest absolute Gasteiger partial charge is 0.354 e. The summed E-state index contributed by atoms with van der Waals surface area (Å²) < 4.78 is 9.08. The van der Waals surface area contributed by atoms with Gasteiger partial charge >= 0.3 is 0 Å². The average molecular weight is 1060 g/mol. The Morgan fingerprint density at radius 2 is 0.916 bits per heavy atom. The van der Waals surface area contributed by atoms with Gasteiger partial charge in [-0.05, 0) is 136 Å². The minimum atomic E-state index is 0.541. The Labute approximate surface area is 477 Å². The van der Waals surface area contributed by atoms with Gasteiger partial charge in [0.2, 0.25) is 5.78 Å². The van der Waals surface area contributed by atoms with Crippen molar-refractivity contribution in [2.75, 3.05) is 5.32 Å². The molecule has 1 N–H and O–H groups in total. The zero-order valence-corrected chi connectivity index (χ0v) is 44.8. The molecule has 16 aromatic rings. The molecule has 0 aliphatic carbocycles. The van der Waals surface area contributed by atoms with Crippen LogP contribution in [0.1, 0.15) is 5.56 Å². The predicted molar refractivity (Wildman–Crippen MR) is 340 cm³/mol. The van der Waals surface area contributed by atoms with Crippen LogP contribution in [-0.2, 0) is 0 Å². The van der Waals surface area contributed by atoms with E-state index in [1.807, 2.05) is 42.7 Å². The van der Waals surface area contributed by atoms with Gasteiger partial charge in [0.15, 0.2) is 0 Å². The SMILES string of the molecule is N#Cc1c(-c2ccc(Nc3ccccc3)c(-n3cnc4ccc(-c5ccccc5)cc43)c2)c(-c2ccccc2)cc(-n2c3ccccc3c3ccccc32)c1-c1ccc2c(c1)n1c3cc(-c4ccccc4)ccc3nc1n2-c1ccccc1. The number of para-hydroxylation sites is 4. The smallest absolute Gasteiger partial charge is 0.220 e. The molecule has 4 aromatic heterocycles. The van der Waals surface area contributed by atoms with Crippen molar-refractivity contribution in [3.05, 3.63) is 291 Å². The predicted octanol–water partition coefficient (Wildman–Crippen LogP) is 18.8. The second kappa shape index (κ2) is 19.4. The molecule has 0 bridgehead atoms. The third kappa shape index (κ3) is 7.83. The van der Waals surface area contributed by atoms with E-state index in [-0.39, 0.29) is 0 Å². The van der Waals surface area contributed by atoms with Gasteiger partial charge in [0, 0.05) is 33.3 Å². The molecule has 8 nitrogen and oxygen atoms in total. The summed E-state index contributed by atoms with van der Waals surface area (Å²) in [5.41, 5.74) is 22.6. The average Bonchev–Trinajstić information content (AvgIpc) is 2.34. The van der Waals surface area contributed by atoms with Gasteiger partial charge in [0.25, 0.3) is 0 Å². The number of nitriles is 1. The Hall–Kier alpha value is -11.5. The maximum Gasteiger partial charge on any atom is 0.220 e. The molecule has 0 fully saturated rings. The molecular weight excluding hydrogens is 1010 g/mol. The molecule has 12 aromatic carbocycles. The lowest BCUT2D eigenvalue weighted by molar-refractivity contribution is 1.09. The fourth-order valence-corrected chi connectivity index (χ4v) is 12.5. The molecule has 4 heterocycles. The lowest BCUT2D eigenvalue weighted by atomic mass is 9.84. The number of fused-ring (bicyclic) bond motifs is 9. The highest BCUT2D eigenvalue weighted by molar-refractivity contribution is 6.11. The number of nitrogens with one attached hydrogen (secondary N) is 1. The van der Waals surface area contributed by atoms with Crippen LogP contribution in [0.2, 0.25) is 0 Å². The van der Waals surface area contributed by atoms with Crippen LogP contribution < -0.4 is 5.32 Å². The lowest BCUT2D eigenvalue weighted by Crippen LogP contribution is -2.05. The maximum absolute atomic E-state index is 12.4. The van der Waals surface area contributed by atoms with Crippen molar-refractivity contribution in [3.8, 4) is 78.8 Å². The van der Waals surface area contributed by atoms with Crippen molar-refractivity contribution in [3.63, 3.8) is 0 Å². The van der Waals surface area contributed by atoms with Crippen LogP contribution in [0.4, 0.5) is 11.4 Å². The number of rotatable bonds is 10. The molecule has 0 aliphatic heterocycles. The second-order valence-corrected chi connectivity index (χ2v) is 21.0. The van der Waals surface area contributed by atoms with Crippen molar-refractivity contribution in [1.82, 2.24) is 28.1 Å². The van der Waals surface area contributed by atoms with Crippen molar-refractivity contribution in [2.45, 2.75) is 0 Å². The van der Waals surface area contributed by atoms with E-state index in [0.717, 1.165) is 145 Å². The van der Waals surface area contributed by atoms with E-state index in [4.69, 9.17) is 9.97 Å². The summed E-state index contributed by atoms with van der Waals surface area (Å²) in [6.07, 6.45) is 1.91. The molecule has 0 unspecified atom stereocenters. The zero-order chi connectivity index (χ0) is 55.0. The zero-order valence-electron chi connectivity index (χ0n) is 44.8. The summed E-state index contributed by atoms with van der Waals surface area (Å²) in [4.78, 5) is 10.4. The topological polar surface area (TPSA) is 80.8 Å². The van der Waals surface area contributed by atoms with E-state index in [0.29, 0.717) is 5.56 Å². The minimum Gasteiger partial charge on any atom is -0.354 e. The Morgan fingerprint density at radius 3 is 1.58 bits per heavy atom. The van der Waals surface area contributed by atoms with Crippen molar-refractivity contribution in [1.29, 1.82) is 5.26 Å². The molecule has 0 atom stereocenters. The molecule has 0 saturated carbocycles. The minimum absolute atomic E-state index is 0.541. The van der Waals surface area contributed by atoms with E-state index in [9.17, 15) is 5.26 Å². The van der Waals surface area contributed by atoms with Crippen LogP contribution in [0, 0.1) is 11.3 Å². The highest BCUT2D eigenvalue weighted by Gasteiger charge is 2.28. The van der Waals surface area contributed by atoms with Crippen LogP contribution in [0.5, 0.6) is 0 Å². The Balaban J connectivity index is 1.02. The van der Waals surface area contributed by atoms with Crippen LogP contribution in [0.15, 0.2) is 285 Å². The molecule has 0 spiro atoms. The number of imidazole rings is 3. The number of aromatic nitrogens is 6. The van der Waals surface area contributed by atoms with Gasteiger partial charge in [-0.15, -0.1) is 0 Å². The van der Waals surface area contributed by atoms with E-state index < -0.39 is 0 Å². The number of hydrogen-bond acceptors (Lipinski definition) is 4. The molecule has 8 heteroatoms. The van der Waals surface area contributed by atoms with Gasteiger partial charge < -0.3 is 9.88 Å². The fraction of sp³-hybridized carbons (Fsp3) is 0. The highest BCUT2D eigenvalue weighted by Crippen LogP contribution is 2.48. The first-order chi connectivity index (χ1) is 41.1. The molecular formula is C75H48N8. The molecule has 83 heavy (non-hydrogen) atoms. The van der Waals surface area contributed by atoms with E-state index in [1.54, 1.807) is 0 Å². The Morgan fingerprint density at radius 1 is 0.373 bits per heavy atom. The highest BCUT2D eigenvalue weighted by atomic mass is 15.2. The van der Waals surface area contributed by atoms with Gasteiger partial charge in [-0.25, -0.2) is 9.97 Å². The number of anilines is 2. The number of nitrogens with zero attached hydrogens (tertiary/aromatic N) is 7. The van der Waals surface area contributed by atoms with Gasteiger partial charge in [-0.1, -0.05) is 188 Å². The molecule has 0 radical (unpaired) electrons. The van der Waals surface area contributed by atoms with Gasteiger partial charge in [-0.2, -0.15) is 5.26 Å². The summed E-state index contributed by atoms with van der Waals surface area (Å²) in [5.74, 6) is 0.798. The first-order valence-electron chi connectivity index (χ1n) is 27.9. The van der Waals surface area contributed by atoms with Crippen LogP contribution >= 0.6 is 0 Å². The monoisotopic (exact) mass is 1060 g/mol. The third-order valence-corrected chi connectivity index (χ3v) is 16.3. The summed E-state index contributed by atoms with van der Waals surface area (Å²) in [6.45, 7) is 0. The first-order valence-corrected chi connectivity index (χ1v) is 27.9. The summed E-state index contributed by atoms with van der Waals surface area (Å²) in [5, 5.41) is 18.4. The number of hydrogen-bond donors (Lipinski definition) is 1. The first kappa shape index (κ1) is 47.5. The van der Waals surface area contributed by atoms with Crippen molar-refractivity contribution < 1.29 is 0 Å². The summed E-state index contributed by atoms with van der Waals surface area (Å²) in [6, 6.07) is 101. The number of benzene rings is 12. The van der Waals surface area contributed by atoms with Crippen LogP contribution in [-0.4, -0.2) is 28.1 Å². The molecule has 0 aliphatic rings. The fourth-order valence-electron chi connectivity index (χ4n) is 12.5. The third-order valence-electron chi connectivity index (χ3n) is 16.3. The molecule has 0 amide bonds. The lowest BCUT2D eigenvalue weighted by Gasteiger charge is -2.23. The summed E-state index contributed by atoms with van der Waals surface area (Å²) in [7, 11) is 0.